The Bertz CT molecular complexity index is 561. The molecule has 1 aliphatic carbocycles. The molecule has 3 rings (SSSR count). The quantitative estimate of drug-likeness (QED) is 0.624. The van der Waals surface area contributed by atoms with Crippen LogP contribution in [0.4, 0.5) is 0 Å². The van der Waals surface area contributed by atoms with Crippen LogP contribution in [0.5, 0.6) is 5.75 Å². The summed E-state index contributed by atoms with van der Waals surface area (Å²) < 4.78 is 11.6. The molecular weight excluding hydrogens is 326 g/mol. The summed E-state index contributed by atoms with van der Waals surface area (Å²) in [7, 11) is 3.93. The summed E-state index contributed by atoms with van der Waals surface area (Å²) in [4.78, 5) is 6.60. The lowest BCUT2D eigenvalue weighted by Gasteiger charge is -2.25. The average Bonchev–Trinajstić information content (AvgIpc) is 3.17. The molecule has 0 amide bonds. The SMILES string of the molecule is CN=C(NCc1ccc(OC2CCCCC2)cc1)N(C)CC1CCOC1. The zero-order valence-corrected chi connectivity index (χ0v) is 16.2. The molecule has 1 unspecified atom stereocenters. The molecule has 0 aromatic heterocycles. The van der Waals surface area contributed by atoms with Crippen molar-refractivity contribution in [2.75, 3.05) is 33.9 Å². The van der Waals surface area contributed by atoms with Crippen LogP contribution in [0.25, 0.3) is 0 Å². The van der Waals surface area contributed by atoms with E-state index in [9.17, 15) is 0 Å². The maximum Gasteiger partial charge on any atom is 0.193 e. The molecule has 1 atom stereocenters. The van der Waals surface area contributed by atoms with E-state index in [1.807, 2.05) is 7.05 Å². The Morgan fingerprint density at radius 2 is 1.96 bits per heavy atom. The van der Waals surface area contributed by atoms with Crippen LogP contribution in [-0.4, -0.2) is 50.8 Å². The van der Waals surface area contributed by atoms with E-state index in [0.717, 1.165) is 44.4 Å². The van der Waals surface area contributed by atoms with E-state index in [2.05, 4.69) is 46.5 Å². The minimum absolute atomic E-state index is 0.403. The van der Waals surface area contributed by atoms with Crippen molar-refractivity contribution in [1.82, 2.24) is 10.2 Å². The largest absolute Gasteiger partial charge is 0.490 e. The van der Waals surface area contributed by atoms with E-state index >= 15 is 0 Å². The third kappa shape index (κ3) is 5.63. The van der Waals surface area contributed by atoms with Gasteiger partial charge in [0.2, 0.25) is 0 Å². The summed E-state index contributed by atoms with van der Waals surface area (Å²) >= 11 is 0. The topological polar surface area (TPSA) is 46.1 Å². The third-order valence-corrected chi connectivity index (χ3v) is 5.36. The first kappa shape index (κ1) is 19.0. The Labute approximate surface area is 157 Å². The highest BCUT2D eigenvalue weighted by Crippen LogP contribution is 2.23. The van der Waals surface area contributed by atoms with Gasteiger partial charge in [-0.05, 0) is 49.8 Å². The second kappa shape index (κ2) is 9.81. The summed E-state index contributed by atoms with van der Waals surface area (Å²) in [6, 6.07) is 8.47. The first-order valence-electron chi connectivity index (χ1n) is 9.99. The highest BCUT2D eigenvalue weighted by molar-refractivity contribution is 5.79. The number of nitrogens with zero attached hydrogens (tertiary/aromatic N) is 2. The van der Waals surface area contributed by atoms with Gasteiger partial charge in [-0.3, -0.25) is 4.99 Å². The van der Waals surface area contributed by atoms with Crippen molar-refractivity contribution in [1.29, 1.82) is 0 Å². The van der Waals surface area contributed by atoms with Crippen molar-refractivity contribution in [3.05, 3.63) is 29.8 Å². The summed E-state index contributed by atoms with van der Waals surface area (Å²) in [6.45, 7) is 3.50. The van der Waals surface area contributed by atoms with Gasteiger partial charge in [-0.1, -0.05) is 18.6 Å². The van der Waals surface area contributed by atoms with Gasteiger partial charge in [0.25, 0.3) is 0 Å². The molecule has 5 heteroatoms. The first-order valence-corrected chi connectivity index (χ1v) is 9.99. The Morgan fingerprint density at radius 3 is 2.62 bits per heavy atom. The van der Waals surface area contributed by atoms with Gasteiger partial charge >= 0.3 is 0 Å². The minimum Gasteiger partial charge on any atom is -0.490 e. The molecule has 1 aromatic rings. The van der Waals surface area contributed by atoms with Crippen LogP contribution < -0.4 is 10.1 Å². The van der Waals surface area contributed by atoms with Crippen molar-refractivity contribution in [3.8, 4) is 5.75 Å². The van der Waals surface area contributed by atoms with Crippen LogP contribution >= 0.6 is 0 Å². The molecule has 1 heterocycles. The zero-order valence-electron chi connectivity index (χ0n) is 16.2. The van der Waals surface area contributed by atoms with Gasteiger partial charge in [0.05, 0.1) is 12.7 Å². The Kier molecular flexibility index (Phi) is 7.18. The molecule has 2 fully saturated rings. The summed E-state index contributed by atoms with van der Waals surface area (Å²) in [5, 5.41) is 3.45. The second-order valence-corrected chi connectivity index (χ2v) is 7.53. The maximum absolute atomic E-state index is 6.11. The molecular formula is C21H33N3O2. The fourth-order valence-electron chi connectivity index (χ4n) is 3.83. The lowest BCUT2D eigenvalue weighted by atomic mass is 9.98. The number of ether oxygens (including phenoxy) is 2. The second-order valence-electron chi connectivity index (χ2n) is 7.53. The van der Waals surface area contributed by atoms with E-state index in [1.54, 1.807) is 0 Å². The Balaban J connectivity index is 1.45. The molecule has 26 heavy (non-hydrogen) atoms. The number of benzene rings is 1. The number of nitrogens with one attached hydrogen (secondary N) is 1. The number of aliphatic imine (C=N–C) groups is 1. The molecule has 144 valence electrons. The predicted octanol–water partition coefficient (Wildman–Crippen LogP) is 3.44. The van der Waals surface area contributed by atoms with Crippen molar-refractivity contribution in [2.45, 2.75) is 51.2 Å². The van der Waals surface area contributed by atoms with Gasteiger partial charge in [-0.15, -0.1) is 0 Å². The van der Waals surface area contributed by atoms with Crippen LogP contribution in [0.15, 0.2) is 29.3 Å². The van der Waals surface area contributed by atoms with Gasteiger partial charge in [-0.25, -0.2) is 0 Å². The van der Waals surface area contributed by atoms with E-state index in [4.69, 9.17) is 9.47 Å². The minimum atomic E-state index is 0.403. The smallest absolute Gasteiger partial charge is 0.193 e. The molecule has 5 nitrogen and oxygen atoms in total. The van der Waals surface area contributed by atoms with Crippen LogP contribution in [0.2, 0.25) is 0 Å². The van der Waals surface area contributed by atoms with Crippen LogP contribution in [0.3, 0.4) is 0 Å². The number of hydrogen-bond acceptors (Lipinski definition) is 3. The molecule has 2 aliphatic rings. The standard InChI is InChI=1S/C21H33N3O2/c1-22-21(24(2)15-18-12-13-25-16-18)23-14-17-8-10-20(11-9-17)26-19-6-4-3-5-7-19/h8-11,18-19H,3-7,12-16H2,1-2H3,(H,22,23). The lowest BCUT2D eigenvalue weighted by molar-refractivity contribution is 0.155. The average molecular weight is 360 g/mol. The van der Waals surface area contributed by atoms with Gasteiger partial charge < -0.3 is 19.7 Å². The normalized spacial score (nSPS) is 21.6. The summed E-state index contributed by atoms with van der Waals surface area (Å²) in [5.41, 5.74) is 1.24. The van der Waals surface area contributed by atoms with Crippen molar-refractivity contribution < 1.29 is 9.47 Å². The van der Waals surface area contributed by atoms with Crippen molar-refractivity contribution in [2.24, 2.45) is 10.9 Å². The van der Waals surface area contributed by atoms with Crippen LogP contribution in [0, 0.1) is 5.92 Å². The fourth-order valence-corrected chi connectivity index (χ4v) is 3.83. The van der Waals surface area contributed by atoms with Crippen LogP contribution in [-0.2, 0) is 11.3 Å². The highest BCUT2D eigenvalue weighted by atomic mass is 16.5. The van der Waals surface area contributed by atoms with Crippen molar-refractivity contribution in [3.63, 3.8) is 0 Å². The van der Waals surface area contributed by atoms with Gasteiger partial charge in [0.15, 0.2) is 5.96 Å². The summed E-state index contributed by atoms with van der Waals surface area (Å²) in [6.07, 6.45) is 7.88. The fraction of sp³-hybridized carbons (Fsp3) is 0.667. The van der Waals surface area contributed by atoms with E-state index in [1.165, 1.54) is 37.7 Å². The van der Waals surface area contributed by atoms with E-state index in [0.29, 0.717) is 12.0 Å². The molecule has 0 radical (unpaired) electrons. The highest BCUT2D eigenvalue weighted by Gasteiger charge is 2.19. The monoisotopic (exact) mass is 359 g/mol. The van der Waals surface area contributed by atoms with Gasteiger partial charge in [-0.2, -0.15) is 0 Å². The number of hydrogen-bond donors (Lipinski definition) is 1. The van der Waals surface area contributed by atoms with E-state index in [-0.39, 0.29) is 0 Å². The molecule has 1 N–H and O–H groups in total. The predicted molar refractivity (Wildman–Crippen MR) is 106 cm³/mol. The lowest BCUT2D eigenvalue weighted by Crippen LogP contribution is -2.41. The molecule has 1 saturated heterocycles. The number of guanidine groups is 1. The van der Waals surface area contributed by atoms with Gasteiger partial charge in [0, 0.05) is 39.7 Å². The zero-order chi connectivity index (χ0) is 18.2. The summed E-state index contributed by atoms with van der Waals surface area (Å²) in [5.74, 6) is 2.53. The first-order chi connectivity index (χ1) is 12.7. The van der Waals surface area contributed by atoms with Gasteiger partial charge in [0.1, 0.15) is 5.75 Å². The molecule has 1 aromatic carbocycles. The van der Waals surface area contributed by atoms with Crippen molar-refractivity contribution >= 4 is 5.96 Å². The molecule has 1 saturated carbocycles. The Hall–Kier alpha value is -1.75. The number of rotatable bonds is 6. The van der Waals surface area contributed by atoms with E-state index < -0.39 is 0 Å². The molecule has 0 bridgehead atoms. The third-order valence-electron chi connectivity index (χ3n) is 5.36. The maximum atomic E-state index is 6.11. The molecule has 0 spiro atoms. The molecule has 1 aliphatic heterocycles. The van der Waals surface area contributed by atoms with Crippen LogP contribution in [0.1, 0.15) is 44.1 Å². The Morgan fingerprint density at radius 1 is 1.19 bits per heavy atom.